The van der Waals surface area contributed by atoms with E-state index in [-0.39, 0.29) is 6.42 Å². The van der Waals surface area contributed by atoms with Gasteiger partial charge >= 0.3 is 17.8 Å². The Balaban J connectivity index is 2.43. The molecule has 6 nitrogen and oxygen atoms in total. The summed E-state index contributed by atoms with van der Waals surface area (Å²) in [5.74, 6) is -2.15. The van der Waals surface area contributed by atoms with E-state index in [1.54, 1.807) is 24.3 Å². The number of anilines is 1. The minimum Gasteiger partial charge on any atom is -0.481 e. The van der Waals surface area contributed by atoms with Gasteiger partial charge in [0.05, 0.1) is 6.42 Å². The maximum absolute atomic E-state index is 12.0. The van der Waals surface area contributed by atoms with Crippen molar-refractivity contribution in [2.75, 3.05) is 18.0 Å². The van der Waals surface area contributed by atoms with Gasteiger partial charge in [0.15, 0.2) is 0 Å². The van der Waals surface area contributed by atoms with E-state index in [1.165, 1.54) is 4.90 Å². The summed E-state index contributed by atoms with van der Waals surface area (Å²) in [5.41, 5.74) is 0.704. The molecule has 2 amide bonds. The highest BCUT2D eigenvalue weighted by Crippen LogP contribution is 2.35. The van der Waals surface area contributed by atoms with Crippen LogP contribution in [0.15, 0.2) is 24.3 Å². The normalized spacial score (nSPS) is 15.8. The Bertz CT molecular complexity index is 595. The highest BCUT2D eigenvalue weighted by atomic mass is 16.4. The van der Waals surface area contributed by atoms with Crippen molar-refractivity contribution in [3.05, 3.63) is 29.8 Å². The van der Waals surface area contributed by atoms with Gasteiger partial charge in [-0.25, -0.2) is 0 Å². The summed E-state index contributed by atoms with van der Waals surface area (Å²) in [4.78, 5) is 36.0. The molecule has 1 fully saturated rings. The number of piperazine rings is 1. The van der Waals surface area contributed by atoms with E-state index in [4.69, 9.17) is 5.11 Å². The standard InChI is InChI=1S/C15H18N2O4/c1-15(2,9-12(18)19)10-5-3-4-6-11(10)17-8-7-16-13(20)14(17)21/h3-6H,7-9H2,1-2H3,(H,16,20)(H,18,19). The second kappa shape index (κ2) is 5.55. The molecule has 0 spiro atoms. The Labute approximate surface area is 122 Å². The number of aliphatic carboxylic acids is 1. The van der Waals surface area contributed by atoms with E-state index in [1.807, 2.05) is 13.8 Å². The van der Waals surface area contributed by atoms with Crippen LogP contribution in [0.4, 0.5) is 5.69 Å². The number of carbonyl (C=O) groups is 3. The lowest BCUT2D eigenvalue weighted by Crippen LogP contribution is -2.52. The van der Waals surface area contributed by atoms with E-state index in [0.717, 1.165) is 5.56 Å². The maximum Gasteiger partial charge on any atom is 0.316 e. The Morgan fingerprint density at radius 3 is 2.67 bits per heavy atom. The largest absolute Gasteiger partial charge is 0.481 e. The fourth-order valence-corrected chi connectivity index (χ4v) is 2.57. The van der Waals surface area contributed by atoms with Crippen LogP contribution < -0.4 is 10.2 Å². The molecule has 0 aromatic heterocycles. The monoisotopic (exact) mass is 290 g/mol. The molecular formula is C15H18N2O4. The minimum absolute atomic E-state index is 0.0573. The average molecular weight is 290 g/mol. The first-order valence-corrected chi connectivity index (χ1v) is 6.74. The number of rotatable bonds is 4. The summed E-state index contributed by atoms with van der Waals surface area (Å²) < 4.78 is 0. The summed E-state index contributed by atoms with van der Waals surface area (Å²) >= 11 is 0. The van der Waals surface area contributed by atoms with Crippen LogP contribution in [0.3, 0.4) is 0 Å². The number of carbonyl (C=O) groups excluding carboxylic acids is 2. The van der Waals surface area contributed by atoms with Crippen molar-refractivity contribution in [3.8, 4) is 0 Å². The molecule has 0 unspecified atom stereocenters. The summed E-state index contributed by atoms with van der Waals surface area (Å²) in [6, 6.07) is 7.12. The Kier molecular flexibility index (Phi) is 3.97. The van der Waals surface area contributed by atoms with Gasteiger partial charge in [0.1, 0.15) is 0 Å². The van der Waals surface area contributed by atoms with Gasteiger partial charge in [0, 0.05) is 24.2 Å². The van der Waals surface area contributed by atoms with E-state index in [0.29, 0.717) is 18.8 Å². The molecule has 0 aliphatic carbocycles. The van der Waals surface area contributed by atoms with Crippen molar-refractivity contribution >= 4 is 23.5 Å². The van der Waals surface area contributed by atoms with Gasteiger partial charge in [0.2, 0.25) is 0 Å². The molecule has 112 valence electrons. The number of amides is 2. The van der Waals surface area contributed by atoms with Crippen LogP contribution >= 0.6 is 0 Å². The molecule has 1 aromatic rings. The van der Waals surface area contributed by atoms with Crippen molar-refractivity contribution in [3.63, 3.8) is 0 Å². The molecule has 0 bridgehead atoms. The van der Waals surface area contributed by atoms with Crippen molar-refractivity contribution in [1.82, 2.24) is 5.32 Å². The van der Waals surface area contributed by atoms with E-state index in [2.05, 4.69) is 5.32 Å². The van der Waals surface area contributed by atoms with Crippen molar-refractivity contribution < 1.29 is 19.5 Å². The lowest BCUT2D eigenvalue weighted by atomic mass is 9.80. The predicted octanol–water partition coefficient (Wildman–Crippen LogP) is 0.902. The van der Waals surface area contributed by atoms with Crippen LogP contribution in [0.1, 0.15) is 25.8 Å². The number of para-hydroxylation sites is 1. The van der Waals surface area contributed by atoms with Gasteiger partial charge in [-0.1, -0.05) is 32.0 Å². The van der Waals surface area contributed by atoms with E-state index < -0.39 is 23.2 Å². The average Bonchev–Trinajstić information content (AvgIpc) is 2.40. The first kappa shape index (κ1) is 15.0. The number of nitrogens with one attached hydrogen (secondary N) is 1. The second-order valence-corrected chi connectivity index (χ2v) is 5.68. The zero-order valence-corrected chi connectivity index (χ0v) is 12.0. The Morgan fingerprint density at radius 2 is 2.00 bits per heavy atom. The molecule has 1 aromatic carbocycles. The highest BCUT2D eigenvalue weighted by molar-refractivity contribution is 6.41. The van der Waals surface area contributed by atoms with Gasteiger partial charge < -0.3 is 15.3 Å². The summed E-state index contributed by atoms with van der Waals surface area (Å²) in [6.07, 6.45) is -0.0573. The van der Waals surface area contributed by atoms with Crippen LogP contribution in [-0.4, -0.2) is 36.0 Å². The van der Waals surface area contributed by atoms with Crippen LogP contribution in [0, 0.1) is 0 Å². The lowest BCUT2D eigenvalue weighted by Gasteiger charge is -2.33. The van der Waals surface area contributed by atoms with Crippen molar-refractivity contribution in [2.24, 2.45) is 0 Å². The van der Waals surface area contributed by atoms with Crippen LogP contribution in [0.2, 0.25) is 0 Å². The number of carboxylic acid groups (broad SMARTS) is 1. The van der Waals surface area contributed by atoms with Crippen molar-refractivity contribution in [1.29, 1.82) is 0 Å². The molecule has 2 rings (SSSR count). The quantitative estimate of drug-likeness (QED) is 0.807. The van der Waals surface area contributed by atoms with E-state index >= 15 is 0 Å². The molecule has 0 radical (unpaired) electrons. The molecule has 1 saturated heterocycles. The van der Waals surface area contributed by atoms with Gasteiger partial charge in [-0.15, -0.1) is 0 Å². The molecule has 1 aliphatic heterocycles. The number of benzene rings is 1. The Morgan fingerprint density at radius 1 is 1.33 bits per heavy atom. The molecular weight excluding hydrogens is 272 g/mol. The third-order valence-electron chi connectivity index (χ3n) is 3.58. The SMILES string of the molecule is CC(C)(CC(=O)O)c1ccccc1N1CCNC(=O)C1=O. The smallest absolute Gasteiger partial charge is 0.316 e. The van der Waals surface area contributed by atoms with Gasteiger partial charge in [0.25, 0.3) is 0 Å². The maximum atomic E-state index is 12.0. The number of hydrogen-bond acceptors (Lipinski definition) is 3. The minimum atomic E-state index is -0.905. The zero-order chi connectivity index (χ0) is 15.6. The number of carboxylic acids is 1. The van der Waals surface area contributed by atoms with Gasteiger partial charge in [-0.05, 0) is 11.6 Å². The molecule has 6 heteroatoms. The van der Waals surface area contributed by atoms with Crippen LogP contribution in [0.25, 0.3) is 0 Å². The van der Waals surface area contributed by atoms with Gasteiger partial charge in [-0.2, -0.15) is 0 Å². The molecule has 1 aliphatic rings. The van der Waals surface area contributed by atoms with Crippen LogP contribution in [-0.2, 0) is 19.8 Å². The molecule has 0 saturated carbocycles. The number of nitrogens with zero attached hydrogens (tertiary/aromatic N) is 1. The molecule has 21 heavy (non-hydrogen) atoms. The summed E-state index contributed by atoms with van der Waals surface area (Å²) in [6.45, 7) is 4.39. The Hall–Kier alpha value is -2.37. The summed E-state index contributed by atoms with van der Waals surface area (Å²) in [7, 11) is 0. The molecule has 2 N–H and O–H groups in total. The third kappa shape index (κ3) is 3.04. The topological polar surface area (TPSA) is 86.7 Å². The first-order valence-electron chi connectivity index (χ1n) is 6.74. The predicted molar refractivity (Wildman–Crippen MR) is 77.1 cm³/mol. The first-order chi connectivity index (χ1) is 9.83. The second-order valence-electron chi connectivity index (χ2n) is 5.68. The van der Waals surface area contributed by atoms with Crippen LogP contribution in [0.5, 0.6) is 0 Å². The zero-order valence-electron chi connectivity index (χ0n) is 12.0. The fraction of sp³-hybridized carbons (Fsp3) is 0.400. The fourth-order valence-electron chi connectivity index (χ4n) is 2.57. The van der Waals surface area contributed by atoms with Crippen molar-refractivity contribution in [2.45, 2.75) is 25.7 Å². The van der Waals surface area contributed by atoms with Gasteiger partial charge in [-0.3, -0.25) is 14.4 Å². The summed E-state index contributed by atoms with van der Waals surface area (Å²) in [5, 5.41) is 11.6. The lowest BCUT2D eigenvalue weighted by molar-refractivity contribution is -0.138. The molecule has 1 heterocycles. The highest BCUT2D eigenvalue weighted by Gasteiger charge is 2.33. The molecule has 0 atom stereocenters. The van der Waals surface area contributed by atoms with E-state index in [9.17, 15) is 14.4 Å². The third-order valence-corrected chi connectivity index (χ3v) is 3.58. The number of hydrogen-bond donors (Lipinski definition) is 2.